The molecule has 0 aliphatic rings. The minimum absolute atomic E-state index is 0. The number of rotatable bonds is 9. The zero-order valence-electron chi connectivity index (χ0n) is 18.1. The van der Waals surface area contributed by atoms with Gasteiger partial charge >= 0.3 is 0 Å². The summed E-state index contributed by atoms with van der Waals surface area (Å²) in [6.07, 6.45) is 0. The smallest absolute Gasteiger partial charge is 0.191 e. The first-order valence-corrected chi connectivity index (χ1v) is 11.3. The van der Waals surface area contributed by atoms with E-state index in [0.29, 0.717) is 5.96 Å². The third-order valence-corrected chi connectivity index (χ3v) is 6.92. The lowest BCUT2D eigenvalue weighted by Gasteiger charge is -2.24. The summed E-state index contributed by atoms with van der Waals surface area (Å²) >= 11 is 0. The normalized spacial score (nSPS) is 12.3. The van der Waals surface area contributed by atoms with Gasteiger partial charge in [-0.05, 0) is 59.2 Å². The lowest BCUT2D eigenvalue weighted by Crippen LogP contribution is -2.42. The first-order valence-electron chi connectivity index (χ1n) is 9.66. The summed E-state index contributed by atoms with van der Waals surface area (Å²) in [5.41, 5.74) is 2.45. The fraction of sp³-hybridized carbons (Fsp3) is 0.650. The molecule has 1 aromatic carbocycles. The second kappa shape index (κ2) is 12.5. The minimum atomic E-state index is -3.16. The first kappa shape index (κ1) is 27.0. The van der Waals surface area contributed by atoms with E-state index in [9.17, 15) is 8.42 Å². The SMILES string of the molecule is CCNC(=NCCS(=O)(=O)C(C)(C)C)NCCN(CC)c1cccc(C)c1.I. The molecule has 0 heterocycles. The van der Waals surface area contributed by atoms with Crippen LogP contribution in [0.15, 0.2) is 29.3 Å². The molecule has 6 nitrogen and oxygen atoms in total. The van der Waals surface area contributed by atoms with E-state index in [2.05, 4.69) is 58.6 Å². The van der Waals surface area contributed by atoms with Gasteiger partial charge in [-0.1, -0.05) is 12.1 Å². The van der Waals surface area contributed by atoms with Crippen LogP contribution in [0.4, 0.5) is 5.69 Å². The molecule has 0 saturated carbocycles. The Bertz CT molecular complexity index is 715. The third-order valence-electron chi connectivity index (χ3n) is 4.33. The van der Waals surface area contributed by atoms with Crippen molar-refractivity contribution in [2.45, 2.75) is 46.3 Å². The Morgan fingerprint density at radius 1 is 1.18 bits per heavy atom. The Labute approximate surface area is 188 Å². The highest BCUT2D eigenvalue weighted by Crippen LogP contribution is 2.16. The van der Waals surface area contributed by atoms with Gasteiger partial charge in [0.2, 0.25) is 0 Å². The minimum Gasteiger partial charge on any atom is -0.370 e. The molecule has 0 bridgehead atoms. The Kier molecular flexibility index (Phi) is 12.1. The Balaban J connectivity index is 0.00000729. The predicted octanol–water partition coefficient (Wildman–Crippen LogP) is 3.21. The number of benzene rings is 1. The Morgan fingerprint density at radius 2 is 1.86 bits per heavy atom. The fourth-order valence-corrected chi connectivity index (χ4v) is 3.47. The number of aryl methyl sites for hydroxylation is 1. The van der Waals surface area contributed by atoms with E-state index in [4.69, 9.17) is 0 Å². The van der Waals surface area contributed by atoms with E-state index >= 15 is 0 Å². The molecule has 0 radical (unpaired) electrons. The average molecular weight is 525 g/mol. The van der Waals surface area contributed by atoms with Crippen molar-refractivity contribution in [2.75, 3.05) is 43.4 Å². The van der Waals surface area contributed by atoms with E-state index in [1.165, 1.54) is 11.3 Å². The molecular formula is C20H37IN4O2S. The Morgan fingerprint density at radius 3 is 2.39 bits per heavy atom. The zero-order valence-corrected chi connectivity index (χ0v) is 21.2. The lowest BCUT2D eigenvalue weighted by molar-refractivity contribution is 0.560. The van der Waals surface area contributed by atoms with Gasteiger partial charge in [0.1, 0.15) is 0 Å². The number of halogens is 1. The largest absolute Gasteiger partial charge is 0.370 e. The van der Waals surface area contributed by atoms with Crippen molar-refractivity contribution in [2.24, 2.45) is 4.99 Å². The summed E-state index contributed by atoms with van der Waals surface area (Å²) in [5.74, 6) is 0.708. The molecule has 162 valence electrons. The maximum Gasteiger partial charge on any atom is 0.191 e. The summed E-state index contributed by atoms with van der Waals surface area (Å²) in [6, 6.07) is 8.46. The van der Waals surface area contributed by atoms with Gasteiger partial charge in [-0.25, -0.2) is 8.42 Å². The highest BCUT2D eigenvalue weighted by molar-refractivity contribution is 14.0. The van der Waals surface area contributed by atoms with Crippen LogP contribution in [0.3, 0.4) is 0 Å². The van der Waals surface area contributed by atoms with Crippen LogP contribution in [0, 0.1) is 6.92 Å². The van der Waals surface area contributed by atoms with Crippen LogP contribution in [0.5, 0.6) is 0 Å². The van der Waals surface area contributed by atoms with Crippen molar-refractivity contribution in [1.82, 2.24) is 10.6 Å². The van der Waals surface area contributed by atoms with Gasteiger partial charge < -0.3 is 15.5 Å². The number of hydrogen-bond acceptors (Lipinski definition) is 4. The fourth-order valence-electron chi connectivity index (χ4n) is 2.53. The van der Waals surface area contributed by atoms with Crippen molar-refractivity contribution in [1.29, 1.82) is 0 Å². The molecule has 2 N–H and O–H groups in total. The summed E-state index contributed by atoms with van der Waals surface area (Å²) in [5, 5.41) is 6.47. The highest BCUT2D eigenvalue weighted by atomic mass is 127. The molecule has 0 atom stereocenters. The molecule has 0 saturated heterocycles. The van der Waals surface area contributed by atoms with Crippen LogP contribution in [0.2, 0.25) is 0 Å². The third kappa shape index (κ3) is 8.98. The van der Waals surface area contributed by atoms with Crippen LogP contribution in [0.1, 0.15) is 40.2 Å². The van der Waals surface area contributed by atoms with E-state index in [1.54, 1.807) is 20.8 Å². The molecule has 0 amide bonds. The van der Waals surface area contributed by atoms with Crippen molar-refractivity contribution >= 4 is 45.5 Å². The van der Waals surface area contributed by atoms with Crippen molar-refractivity contribution in [3.05, 3.63) is 29.8 Å². The van der Waals surface area contributed by atoms with Gasteiger partial charge in [-0.3, -0.25) is 4.99 Å². The quantitative estimate of drug-likeness (QED) is 0.295. The van der Waals surface area contributed by atoms with E-state index < -0.39 is 14.6 Å². The van der Waals surface area contributed by atoms with Crippen molar-refractivity contribution in [3.8, 4) is 0 Å². The zero-order chi connectivity index (χ0) is 20.5. The number of anilines is 1. The molecule has 0 aliphatic carbocycles. The van der Waals surface area contributed by atoms with Gasteiger partial charge in [0.15, 0.2) is 15.8 Å². The maximum atomic E-state index is 12.2. The van der Waals surface area contributed by atoms with Crippen LogP contribution < -0.4 is 15.5 Å². The predicted molar refractivity (Wildman–Crippen MR) is 132 cm³/mol. The lowest BCUT2D eigenvalue weighted by atomic mass is 10.2. The molecule has 1 aromatic rings. The standard InChI is InChI=1S/C20H36N4O2S.HI/c1-7-21-19(23-13-15-27(25,26)20(4,5)6)22-12-14-24(8-2)18-11-9-10-17(3)16-18;/h9-11,16H,7-8,12-15H2,1-6H3,(H2,21,22,23);1H. The maximum absolute atomic E-state index is 12.2. The molecular weight excluding hydrogens is 487 g/mol. The van der Waals surface area contributed by atoms with Crippen LogP contribution in [0.25, 0.3) is 0 Å². The molecule has 28 heavy (non-hydrogen) atoms. The summed E-state index contributed by atoms with van der Waals surface area (Å²) in [7, 11) is -3.16. The topological polar surface area (TPSA) is 73.8 Å². The number of aliphatic imine (C=N–C) groups is 1. The van der Waals surface area contributed by atoms with Gasteiger partial charge in [-0.2, -0.15) is 0 Å². The second-order valence-corrected chi connectivity index (χ2v) is 10.4. The first-order chi connectivity index (χ1) is 12.6. The van der Waals surface area contributed by atoms with Crippen LogP contribution >= 0.6 is 24.0 Å². The van der Waals surface area contributed by atoms with E-state index in [0.717, 1.165) is 26.2 Å². The molecule has 0 spiro atoms. The number of nitrogens with zero attached hydrogens (tertiary/aromatic N) is 2. The average Bonchev–Trinajstić information content (AvgIpc) is 2.57. The summed E-state index contributed by atoms with van der Waals surface area (Å²) in [4.78, 5) is 6.72. The number of likely N-dealkylation sites (N-methyl/N-ethyl adjacent to an activating group) is 1. The summed E-state index contributed by atoms with van der Waals surface area (Å²) in [6.45, 7) is 14.9. The van der Waals surface area contributed by atoms with E-state index in [-0.39, 0.29) is 36.3 Å². The number of guanidine groups is 1. The molecule has 0 unspecified atom stereocenters. The van der Waals surface area contributed by atoms with Gasteiger partial charge in [0.05, 0.1) is 17.0 Å². The molecule has 0 fully saturated rings. The van der Waals surface area contributed by atoms with Gasteiger partial charge in [-0.15, -0.1) is 24.0 Å². The van der Waals surface area contributed by atoms with Crippen molar-refractivity contribution < 1.29 is 8.42 Å². The van der Waals surface area contributed by atoms with Crippen molar-refractivity contribution in [3.63, 3.8) is 0 Å². The molecule has 0 aliphatic heterocycles. The van der Waals surface area contributed by atoms with Gasteiger partial charge in [0, 0.05) is 31.9 Å². The van der Waals surface area contributed by atoms with E-state index in [1.807, 2.05) is 6.92 Å². The number of hydrogen-bond donors (Lipinski definition) is 2. The van der Waals surface area contributed by atoms with Gasteiger partial charge in [0.25, 0.3) is 0 Å². The number of sulfone groups is 1. The highest BCUT2D eigenvalue weighted by Gasteiger charge is 2.28. The summed E-state index contributed by atoms with van der Waals surface area (Å²) < 4.78 is 23.7. The molecule has 8 heteroatoms. The molecule has 0 aromatic heterocycles. The molecule has 1 rings (SSSR count). The number of nitrogens with one attached hydrogen (secondary N) is 2. The van der Waals surface area contributed by atoms with Crippen LogP contribution in [-0.2, 0) is 9.84 Å². The Hall–Kier alpha value is -1.03. The van der Waals surface area contributed by atoms with Crippen LogP contribution in [-0.4, -0.2) is 57.6 Å². The monoisotopic (exact) mass is 524 g/mol. The second-order valence-electron chi connectivity index (χ2n) is 7.54.